The topological polar surface area (TPSA) is 0 Å². The molecule has 20 heavy (non-hydrogen) atoms. The Morgan fingerprint density at radius 2 is 1.15 bits per heavy atom. The van der Waals surface area contributed by atoms with Gasteiger partial charge < -0.3 is 0 Å². The van der Waals surface area contributed by atoms with E-state index >= 15 is 0 Å². The van der Waals surface area contributed by atoms with Gasteiger partial charge in [-0.25, -0.2) is 0 Å². The molecule has 2 fully saturated rings. The molecule has 1 spiro atoms. The van der Waals surface area contributed by atoms with Gasteiger partial charge in [-0.15, -0.1) is 0 Å². The summed E-state index contributed by atoms with van der Waals surface area (Å²) in [6.45, 7) is 0. The van der Waals surface area contributed by atoms with Crippen molar-refractivity contribution in [3.05, 3.63) is 59.7 Å². The van der Waals surface area contributed by atoms with Crippen LogP contribution in [0.4, 0.5) is 0 Å². The van der Waals surface area contributed by atoms with E-state index in [1.54, 1.807) is 11.1 Å². The maximum atomic E-state index is 2.42. The average Bonchev–Trinajstić information content (AvgIpc) is 2.88. The average molecular weight is 260 g/mol. The molecule has 2 unspecified atom stereocenters. The molecule has 0 amide bonds. The van der Waals surface area contributed by atoms with Crippen molar-refractivity contribution in [2.75, 3.05) is 0 Å². The van der Waals surface area contributed by atoms with Gasteiger partial charge in [0.1, 0.15) is 0 Å². The Labute approximate surface area is 120 Å². The molecule has 100 valence electrons. The lowest BCUT2D eigenvalue weighted by molar-refractivity contribution is 0.221. The van der Waals surface area contributed by atoms with Crippen LogP contribution in [0, 0.1) is 11.8 Å². The monoisotopic (exact) mass is 260 g/mol. The Hall–Kier alpha value is -1.56. The SMILES string of the molecule is c1ccc2c(c1)-c1ccccc1C21C2CCCC1CC2. The predicted molar refractivity (Wildman–Crippen MR) is 82.7 cm³/mol. The molecule has 0 saturated heterocycles. The number of hydrogen-bond acceptors (Lipinski definition) is 0. The number of hydrogen-bond donors (Lipinski definition) is 0. The third-order valence-corrected chi connectivity index (χ3v) is 6.29. The molecule has 3 aliphatic rings. The van der Waals surface area contributed by atoms with Gasteiger partial charge in [0.25, 0.3) is 0 Å². The van der Waals surface area contributed by atoms with Crippen molar-refractivity contribution in [3.8, 4) is 11.1 Å². The van der Waals surface area contributed by atoms with E-state index in [0.29, 0.717) is 5.41 Å². The van der Waals surface area contributed by atoms with Crippen LogP contribution in [0.15, 0.2) is 48.5 Å². The van der Waals surface area contributed by atoms with E-state index in [4.69, 9.17) is 0 Å². The first kappa shape index (κ1) is 11.1. The van der Waals surface area contributed by atoms with E-state index in [2.05, 4.69) is 48.5 Å². The van der Waals surface area contributed by atoms with E-state index in [0.717, 1.165) is 11.8 Å². The molecule has 2 bridgehead atoms. The summed E-state index contributed by atoms with van der Waals surface area (Å²) in [5.74, 6) is 1.76. The van der Waals surface area contributed by atoms with Crippen molar-refractivity contribution in [1.29, 1.82) is 0 Å². The zero-order valence-corrected chi connectivity index (χ0v) is 11.8. The highest BCUT2D eigenvalue weighted by atomic mass is 14.6. The summed E-state index contributed by atoms with van der Waals surface area (Å²) < 4.78 is 0. The van der Waals surface area contributed by atoms with E-state index in [9.17, 15) is 0 Å². The maximum absolute atomic E-state index is 2.42. The van der Waals surface area contributed by atoms with Gasteiger partial charge >= 0.3 is 0 Å². The Balaban J connectivity index is 1.89. The van der Waals surface area contributed by atoms with Crippen molar-refractivity contribution >= 4 is 0 Å². The molecule has 0 aromatic heterocycles. The van der Waals surface area contributed by atoms with Crippen LogP contribution >= 0.6 is 0 Å². The Morgan fingerprint density at radius 3 is 1.70 bits per heavy atom. The molecule has 0 nitrogen and oxygen atoms in total. The van der Waals surface area contributed by atoms with Crippen LogP contribution < -0.4 is 0 Å². The highest BCUT2D eigenvalue weighted by Gasteiger charge is 2.57. The van der Waals surface area contributed by atoms with Crippen LogP contribution in [-0.2, 0) is 5.41 Å². The quantitative estimate of drug-likeness (QED) is 0.613. The summed E-state index contributed by atoms with van der Waals surface area (Å²) in [4.78, 5) is 0. The minimum Gasteiger partial charge on any atom is -0.0619 e. The number of benzene rings is 2. The van der Waals surface area contributed by atoms with Gasteiger partial charge in [-0.2, -0.15) is 0 Å². The molecule has 0 heteroatoms. The summed E-state index contributed by atoms with van der Waals surface area (Å²) >= 11 is 0. The van der Waals surface area contributed by atoms with E-state index < -0.39 is 0 Å². The molecule has 0 radical (unpaired) electrons. The van der Waals surface area contributed by atoms with Crippen molar-refractivity contribution in [1.82, 2.24) is 0 Å². The standard InChI is InChI=1S/C20H20/c1-3-10-18-16(8-1)17-9-2-4-11-19(17)20(18)14-6-5-7-15(20)13-12-14/h1-4,8-11,14-15H,5-7,12-13H2. The largest absolute Gasteiger partial charge is 0.0619 e. The number of fused-ring (bicyclic) bond motifs is 3. The molecule has 2 aromatic carbocycles. The molecule has 2 aromatic rings. The van der Waals surface area contributed by atoms with Crippen LogP contribution in [-0.4, -0.2) is 0 Å². The van der Waals surface area contributed by atoms with Crippen molar-refractivity contribution in [2.24, 2.45) is 11.8 Å². The van der Waals surface area contributed by atoms with Gasteiger partial charge in [-0.05, 0) is 59.8 Å². The second kappa shape index (κ2) is 3.75. The molecule has 3 aliphatic carbocycles. The first-order valence-corrected chi connectivity index (χ1v) is 8.12. The first-order chi connectivity index (χ1) is 9.92. The lowest BCUT2D eigenvalue weighted by Gasteiger charge is -2.43. The van der Waals surface area contributed by atoms with Crippen molar-refractivity contribution in [3.63, 3.8) is 0 Å². The van der Waals surface area contributed by atoms with Crippen LogP contribution in [0.3, 0.4) is 0 Å². The van der Waals surface area contributed by atoms with Crippen LogP contribution in [0.1, 0.15) is 43.2 Å². The fraction of sp³-hybridized carbons (Fsp3) is 0.400. The molecular weight excluding hydrogens is 240 g/mol. The Bertz CT molecular complexity index is 618. The van der Waals surface area contributed by atoms with E-state index in [-0.39, 0.29) is 0 Å². The van der Waals surface area contributed by atoms with Crippen LogP contribution in [0.5, 0.6) is 0 Å². The van der Waals surface area contributed by atoms with E-state index in [1.165, 1.54) is 43.2 Å². The van der Waals surface area contributed by atoms with Crippen molar-refractivity contribution in [2.45, 2.75) is 37.5 Å². The zero-order chi connectivity index (χ0) is 13.2. The predicted octanol–water partition coefficient (Wildman–Crippen LogP) is 5.16. The molecule has 0 N–H and O–H groups in total. The summed E-state index contributed by atoms with van der Waals surface area (Å²) in [5.41, 5.74) is 6.69. The Morgan fingerprint density at radius 1 is 0.650 bits per heavy atom. The van der Waals surface area contributed by atoms with Crippen molar-refractivity contribution < 1.29 is 0 Å². The summed E-state index contributed by atoms with van der Waals surface area (Å²) in [6, 6.07) is 18.5. The van der Waals surface area contributed by atoms with Crippen LogP contribution in [0.2, 0.25) is 0 Å². The van der Waals surface area contributed by atoms with E-state index in [1.807, 2.05) is 0 Å². The molecule has 2 saturated carbocycles. The highest BCUT2D eigenvalue weighted by Crippen LogP contribution is 2.65. The third kappa shape index (κ3) is 1.11. The number of rotatable bonds is 0. The summed E-state index contributed by atoms with van der Waals surface area (Å²) in [5, 5.41) is 0. The fourth-order valence-corrected chi connectivity index (χ4v) is 5.73. The van der Waals surface area contributed by atoms with Crippen LogP contribution in [0.25, 0.3) is 11.1 Å². The zero-order valence-electron chi connectivity index (χ0n) is 11.8. The normalized spacial score (nSPS) is 28.4. The first-order valence-electron chi connectivity index (χ1n) is 8.12. The lowest BCUT2D eigenvalue weighted by atomic mass is 9.60. The third-order valence-electron chi connectivity index (χ3n) is 6.29. The second-order valence-corrected chi connectivity index (χ2v) is 6.86. The molecular formula is C20H20. The van der Waals surface area contributed by atoms with Gasteiger partial charge in [-0.3, -0.25) is 0 Å². The smallest absolute Gasteiger partial charge is 0.0271 e. The van der Waals surface area contributed by atoms with Gasteiger partial charge in [0.2, 0.25) is 0 Å². The summed E-state index contributed by atoms with van der Waals surface area (Å²) in [6.07, 6.45) is 7.18. The molecule has 0 heterocycles. The van der Waals surface area contributed by atoms with Gasteiger partial charge in [-0.1, -0.05) is 55.0 Å². The maximum Gasteiger partial charge on any atom is 0.0271 e. The minimum atomic E-state index is 0.367. The molecule has 0 aliphatic heterocycles. The molecule has 2 atom stereocenters. The van der Waals surface area contributed by atoms with Gasteiger partial charge in [0, 0.05) is 5.41 Å². The summed E-state index contributed by atoms with van der Waals surface area (Å²) in [7, 11) is 0. The fourth-order valence-electron chi connectivity index (χ4n) is 5.73. The highest BCUT2D eigenvalue weighted by molar-refractivity contribution is 5.81. The van der Waals surface area contributed by atoms with Gasteiger partial charge in [0.15, 0.2) is 0 Å². The van der Waals surface area contributed by atoms with Gasteiger partial charge in [0.05, 0.1) is 0 Å². The molecule has 5 rings (SSSR count). The second-order valence-electron chi connectivity index (χ2n) is 6.86. The minimum absolute atomic E-state index is 0.367. The Kier molecular flexibility index (Phi) is 2.09. The lowest BCUT2D eigenvalue weighted by Crippen LogP contribution is -2.39.